The summed E-state index contributed by atoms with van der Waals surface area (Å²) in [6.45, 7) is 4.80. The Kier molecular flexibility index (Phi) is 5.63. The van der Waals surface area contributed by atoms with Crippen LogP contribution in [-0.4, -0.2) is 65.8 Å². The van der Waals surface area contributed by atoms with Crippen LogP contribution in [0.2, 0.25) is 0 Å². The number of fused-ring (bicyclic) bond motifs is 1. The predicted octanol–water partition coefficient (Wildman–Crippen LogP) is 0.0311. The Morgan fingerprint density at radius 3 is 2.63 bits per heavy atom. The Hall–Kier alpha value is -2.24. The van der Waals surface area contributed by atoms with Crippen molar-refractivity contribution in [1.29, 1.82) is 0 Å². The third kappa shape index (κ3) is 3.62. The summed E-state index contributed by atoms with van der Waals surface area (Å²) in [4.78, 5) is 24.8. The Balaban J connectivity index is 2.02. The van der Waals surface area contributed by atoms with Gasteiger partial charge in [0.15, 0.2) is 11.7 Å². The number of sulfonamides is 1. The van der Waals surface area contributed by atoms with Crippen molar-refractivity contribution < 1.29 is 22.7 Å². The highest BCUT2D eigenvalue weighted by molar-refractivity contribution is 7.89. The third-order valence-corrected chi connectivity index (χ3v) is 6.24. The van der Waals surface area contributed by atoms with E-state index in [-0.39, 0.29) is 30.2 Å². The molecule has 2 aromatic rings. The van der Waals surface area contributed by atoms with Gasteiger partial charge in [-0.05, 0) is 25.5 Å². The van der Waals surface area contributed by atoms with E-state index in [0.29, 0.717) is 19.6 Å². The van der Waals surface area contributed by atoms with Crippen LogP contribution in [0.1, 0.15) is 26.3 Å². The SMILES string of the molecule is CCOC(=O)[C@H](CC)n1nc2ccc(S(=O)(=O)N3CCOCC3)cn2c1=O. The number of pyridine rings is 1. The second-order valence-corrected chi connectivity index (χ2v) is 7.95. The molecule has 1 aliphatic rings. The van der Waals surface area contributed by atoms with Gasteiger partial charge in [0, 0.05) is 19.3 Å². The van der Waals surface area contributed by atoms with Gasteiger partial charge in [0.1, 0.15) is 0 Å². The maximum atomic E-state index is 12.8. The summed E-state index contributed by atoms with van der Waals surface area (Å²) in [5, 5.41) is 4.16. The summed E-state index contributed by atoms with van der Waals surface area (Å²) in [7, 11) is -3.75. The summed E-state index contributed by atoms with van der Waals surface area (Å²) in [6, 6.07) is 1.99. The lowest BCUT2D eigenvalue weighted by molar-refractivity contribution is -0.147. The number of carbonyl (C=O) groups excluding carboxylic acids is 1. The van der Waals surface area contributed by atoms with Crippen molar-refractivity contribution >= 4 is 21.6 Å². The Morgan fingerprint density at radius 1 is 1.30 bits per heavy atom. The maximum Gasteiger partial charge on any atom is 0.351 e. The van der Waals surface area contributed by atoms with Gasteiger partial charge < -0.3 is 9.47 Å². The predicted molar refractivity (Wildman–Crippen MR) is 95.0 cm³/mol. The first-order chi connectivity index (χ1) is 12.9. The molecule has 2 aromatic heterocycles. The summed E-state index contributed by atoms with van der Waals surface area (Å²) in [5.41, 5.74) is -0.340. The molecule has 0 radical (unpaired) electrons. The Bertz CT molecular complexity index is 990. The van der Waals surface area contributed by atoms with E-state index in [2.05, 4.69) is 5.10 Å². The number of ether oxygens (including phenoxy) is 2. The summed E-state index contributed by atoms with van der Waals surface area (Å²) in [6.07, 6.45) is 1.56. The Morgan fingerprint density at radius 2 is 2.00 bits per heavy atom. The molecule has 0 spiro atoms. The van der Waals surface area contributed by atoms with Crippen molar-refractivity contribution in [1.82, 2.24) is 18.5 Å². The van der Waals surface area contributed by atoms with E-state index < -0.39 is 27.7 Å². The van der Waals surface area contributed by atoms with Gasteiger partial charge in [-0.25, -0.2) is 22.4 Å². The molecule has 11 heteroatoms. The lowest BCUT2D eigenvalue weighted by atomic mass is 10.2. The maximum absolute atomic E-state index is 12.8. The number of morpholine rings is 1. The first-order valence-electron chi connectivity index (χ1n) is 8.75. The second kappa shape index (κ2) is 7.79. The molecule has 1 atom stereocenters. The quantitative estimate of drug-likeness (QED) is 0.631. The molecule has 3 heterocycles. The van der Waals surface area contributed by atoms with Crippen molar-refractivity contribution in [3.05, 3.63) is 28.8 Å². The van der Waals surface area contributed by atoms with Gasteiger partial charge in [-0.1, -0.05) is 6.92 Å². The van der Waals surface area contributed by atoms with Crippen molar-refractivity contribution in [3.8, 4) is 0 Å². The molecular formula is C16H22N4O6S. The molecule has 0 bridgehead atoms. The fraction of sp³-hybridized carbons (Fsp3) is 0.562. The first-order valence-corrected chi connectivity index (χ1v) is 10.2. The molecule has 0 aromatic carbocycles. The molecule has 0 unspecified atom stereocenters. The van der Waals surface area contributed by atoms with Gasteiger partial charge in [0.05, 0.1) is 24.7 Å². The van der Waals surface area contributed by atoms with Crippen LogP contribution in [0.3, 0.4) is 0 Å². The average Bonchev–Trinajstić information content (AvgIpc) is 2.99. The van der Waals surface area contributed by atoms with Crippen LogP contribution in [0.5, 0.6) is 0 Å². The smallest absolute Gasteiger partial charge is 0.351 e. The van der Waals surface area contributed by atoms with E-state index in [4.69, 9.17) is 9.47 Å². The van der Waals surface area contributed by atoms with Crippen molar-refractivity contribution in [2.75, 3.05) is 32.9 Å². The van der Waals surface area contributed by atoms with Crippen LogP contribution in [-0.2, 0) is 24.3 Å². The van der Waals surface area contributed by atoms with Crippen molar-refractivity contribution in [2.24, 2.45) is 0 Å². The lowest BCUT2D eigenvalue weighted by Crippen LogP contribution is -2.40. The van der Waals surface area contributed by atoms with Crippen LogP contribution in [0.25, 0.3) is 5.65 Å². The number of hydrogen-bond donors (Lipinski definition) is 0. The minimum atomic E-state index is -3.75. The van der Waals surface area contributed by atoms with Crippen molar-refractivity contribution in [2.45, 2.75) is 31.2 Å². The van der Waals surface area contributed by atoms with Crippen molar-refractivity contribution in [3.63, 3.8) is 0 Å². The fourth-order valence-corrected chi connectivity index (χ4v) is 4.35. The minimum Gasteiger partial charge on any atom is -0.464 e. The van der Waals surface area contributed by atoms with E-state index in [9.17, 15) is 18.0 Å². The van der Waals surface area contributed by atoms with Crippen LogP contribution < -0.4 is 5.69 Å². The lowest BCUT2D eigenvalue weighted by Gasteiger charge is -2.25. The Labute approximate surface area is 156 Å². The highest BCUT2D eigenvalue weighted by Crippen LogP contribution is 2.18. The molecule has 1 fully saturated rings. The summed E-state index contributed by atoms with van der Waals surface area (Å²) >= 11 is 0. The molecule has 1 aliphatic heterocycles. The van der Waals surface area contributed by atoms with Gasteiger partial charge >= 0.3 is 11.7 Å². The molecule has 0 amide bonds. The van der Waals surface area contributed by atoms with Gasteiger partial charge in [0.2, 0.25) is 10.0 Å². The standard InChI is InChI=1S/C16H22N4O6S/c1-3-13(15(21)26-4-2)20-16(22)19-11-12(5-6-14(19)17-20)27(23,24)18-7-9-25-10-8-18/h5-6,11,13H,3-4,7-10H2,1-2H3/t13-/m0/s1. The molecule has 10 nitrogen and oxygen atoms in total. The topological polar surface area (TPSA) is 112 Å². The van der Waals surface area contributed by atoms with E-state index >= 15 is 0 Å². The molecule has 1 saturated heterocycles. The number of aromatic nitrogens is 3. The highest BCUT2D eigenvalue weighted by Gasteiger charge is 2.28. The molecule has 0 saturated carbocycles. The first kappa shape index (κ1) is 19.5. The monoisotopic (exact) mass is 398 g/mol. The van der Waals surface area contributed by atoms with Gasteiger partial charge in [-0.15, -0.1) is 5.10 Å². The molecular weight excluding hydrogens is 376 g/mol. The molecule has 148 valence electrons. The number of carbonyl (C=O) groups is 1. The second-order valence-electron chi connectivity index (χ2n) is 6.01. The number of hydrogen-bond acceptors (Lipinski definition) is 7. The summed E-state index contributed by atoms with van der Waals surface area (Å²) in [5.74, 6) is -0.549. The van der Waals surface area contributed by atoms with Gasteiger partial charge in [0.25, 0.3) is 0 Å². The van der Waals surface area contributed by atoms with E-state index in [1.807, 2.05) is 0 Å². The average molecular weight is 398 g/mol. The normalized spacial score (nSPS) is 17.1. The van der Waals surface area contributed by atoms with Gasteiger partial charge in [-0.2, -0.15) is 8.99 Å². The number of rotatable bonds is 6. The zero-order chi connectivity index (χ0) is 19.6. The zero-order valence-electron chi connectivity index (χ0n) is 15.2. The summed E-state index contributed by atoms with van der Waals surface area (Å²) < 4.78 is 39.2. The third-order valence-electron chi connectivity index (χ3n) is 4.36. The molecule has 3 rings (SSSR count). The highest BCUT2D eigenvalue weighted by atomic mass is 32.2. The van der Waals surface area contributed by atoms with Crippen LogP contribution in [0.4, 0.5) is 0 Å². The number of esters is 1. The minimum absolute atomic E-state index is 0.0114. The zero-order valence-corrected chi connectivity index (χ0v) is 16.0. The fourth-order valence-electron chi connectivity index (χ4n) is 2.94. The van der Waals surface area contributed by atoms with Crippen LogP contribution in [0.15, 0.2) is 28.0 Å². The van der Waals surface area contributed by atoms with E-state index in [1.165, 1.54) is 22.6 Å². The number of nitrogens with zero attached hydrogens (tertiary/aromatic N) is 4. The van der Waals surface area contributed by atoms with Crippen LogP contribution in [0, 0.1) is 0 Å². The largest absolute Gasteiger partial charge is 0.464 e. The van der Waals surface area contributed by atoms with Gasteiger partial charge in [-0.3, -0.25) is 0 Å². The molecule has 0 N–H and O–H groups in total. The van der Waals surface area contributed by atoms with Crippen LogP contribution >= 0.6 is 0 Å². The molecule has 0 aliphatic carbocycles. The van der Waals surface area contributed by atoms with E-state index in [1.54, 1.807) is 13.8 Å². The molecule has 27 heavy (non-hydrogen) atoms. The van der Waals surface area contributed by atoms with E-state index in [0.717, 1.165) is 9.08 Å².